The molecule has 1 aromatic rings. The minimum atomic E-state index is -0.764. The summed E-state index contributed by atoms with van der Waals surface area (Å²) in [4.78, 5) is 4.28. The van der Waals surface area contributed by atoms with Gasteiger partial charge in [-0.05, 0) is 29.7 Å². The molecule has 2 aliphatic rings. The third-order valence-corrected chi connectivity index (χ3v) is 5.73. The van der Waals surface area contributed by atoms with E-state index in [-0.39, 0.29) is 23.6 Å². The van der Waals surface area contributed by atoms with Crippen molar-refractivity contribution in [1.82, 2.24) is 0 Å². The summed E-state index contributed by atoms with van der Waals surface area (Å²) in [6, 6.07) is 5.80. The molecule has 0 radical (unpaired) electrons. The van der Waals surface area contributed by atoms with Gasteiger partial charge < -0.3 is 5.11 Å². The number of aliphatic imine (C=N–C) groups is 1. The van der Waals surface area contributed by atoms with Crippen LogP contribution >= 0.6 is 35.8 Å². The van der Waals surface area contributed by atoms with Crippen LogP contribution < -0.4 is 0 Å². The second kappa shape index (κ2) is 4.71. The Kier molecular flexibility index (Phi) is 3.72. The first-order valence-corrected chi connectivity index (χ1v) is 6.97. The first kappa shape index (κ1) is 14.2. The van der Waals surface area contributed by atoms with E-state index in [1.807, 2.05) is 18.2 Å². The van der Waals surface area contributed by atoms with Gasteiger partial charge in [0.15, 0.2) is 0 Å². The highest BCUT2D eigenvalue weighted by Gasteiger charge is 2.56. The Labute approximate surface area is 122 Å². The molecule has 0 bridgehead atoms. The highest BCUT2D eigenvalue weighted by molar-refractivity contribution is 8.15. The first-order valence-electron chi connectivity index (χ1n) is 5.72. The fourth-order valence-electron chi connectivity index (χ4n) is 2.98. The van der Waals surface area contributed by atoms with Gasteiger partial charge in [-0.15, -0.1) is 24.2 Å². The summed E-state index contributed by atoms with van der Waals surface area (Å²) < 4.78 is 0. The monoisotopic (exact) mass is 303 g/mol. The number of hydrogen-bond acceptors (Lipinski definition) is 3. The van der Waals surface area contributed by atoms with Crippen molar-refractivity contribution >= 4 is 40.8 Å². The Hall–Kier alpha value is -0.220. The largest absolute Gasteiger partial charge is 0.383 e. The molecular formula is C13H15Cl2NOS. The summed E-state index contributed by atoms with van der Waals surface area (Å²) in [7, 11) is 1.80. The average molecular weight is 304 g/mol. The van der Waals surface area contributed by atoms with Crippen molar-refractivity contribution in [2.24, 2.45) is 10.9 Å². The van der Waals surface area contributed by atoms with Gasteiger partial charge in [0.05, 0.1) is 5.04 Å². The SMILES string of the molecule is CN=C1SC2Cc3cc(Cl)ccc3C2(O)C1C.Cl. The van der Waals surface area contributed by atoms with Crippen molar-refractivity contribution in [3.05, 3.63) is 34.3 Å². The van der Waals surface area contributed by atoms with Gasteiger partial charge in [0.25, 0.3) is 0 Å². The lowest BCUT2D eigenvalue weighted by Crippen LogP contribution is -2.36. The average Bonchev–Trinajstić information content (AvgIpc) is 2.70. The van der Waals surface area contributed by atoms with Crippen LogP contribution in [-0.4, -0.2) is 22.4 Å². The second-order valence-electron chi connectivity index (χ2n) is 4.72. The lowest BCUT2D eigenvalue weighted by Gasteiger charge is -2.27. The van der Waals surface area contributed by atoms with Crippen LogP contribution in [0.3, 0.4) is 0 Å². The van der Waals surface area contributed by atoms with E-state index >= 15 is 0 Å². The maximum atomic E-state index is 11.0. The highest BCUT2D eigenvalue weighted by atomic mass is 35.5. The molecule has 1 saturated heterocycles. The minimum Gasteiger partial charge on any atom is -0.383 e. The molecule has 0 aromatic heterocycles. The standard InChI is InChI=1S/C13H14ClNOS.ClH/c1-7-12(15-2)17-11-6-8-5-9(14)3-4-10(8)13(7,11)16;/h3-5,7,11,16H,6H2,1-2H3;1H. The zero-order valence-electron chi connectivity index (χ0n) is 10.2. The Bertz CT molecular complexity index is 520. The van der Waals surface area contributed by atoms with Gasteiger partial charge in [-0.3, -0.25) is 4.99 Å². The van der Waals surface area contributed by atoms with Crippen molar-refractivity contribution in [3.63, 3.8) is 0 Å². The van der Waals surface area contributed by atoms with Gasteiger partial charge in [-0.2, -0.15) is 0 Å². The van der Waals surface area contributed by atoms with Crippen LogP contribution in [-0.2, 0) is 12.0 Å². The van der Waals surface area contributed by atoms with E-state index in [2.05, 4.69) is 11.9 Å². The van der Waals surface area contributed by atoms with Crippen LogP contribution in [0.5, 0.6) is 0 Å². The normalized spacial score (nSPS) is 35.2. The summed E-state index contributed by atoms with van der Waals surface area (Å²) >= 11 is 7.71. The molecule has 0 amide bonds. The topological polar surface area (TPSA) is 32.6 Å². The third kappa shape index (κ3) is 1.72. The van der Waals surface area contributed by atoms with E-state index in [1.54, 1.807) is 18.8 Å². The van der Waals surface area contributed by atoms with Gasteiger partial charge in [-0.25, -0.2) is 0 Å². The summed E-state index contributed by atoms with van der Waals surface area (Å²) in [6.07, 6.45) is 0.875. The quantitative estimate of drug-likeness (QED) is 0.798. The minimum absolute atomic E-state index is 0. The van der Waals surface area contributed by atoms with E-state index in [9.17, 15) is 5.11 Å². The Morgan fingerprint density at radius 3 is 2.89 bits per heavy atom. The smallest absolute Gasteiger partial charge is 0.111 e. The van der Waals surface area contributed by atoms with Crippen LogP contribution in [0.25, 0.3) is 0 Å². The number of benzene rings is 1. The lowest BCUT2D eigenvalue weighted by atomic mass is 9.84. The van der Waals surface area contributed by atoms with Gasteiger partial charge in [0, 0.05) is 23.2 Å². The summed E-state index contributed by atoms with van der Waals surface area (Å²) in [5.74, 6) is 0.0740. The van der Waals surface area contributed by atoms with Crippen LogP contribution in [0.4, 0.5) is 0 Å². The molecule has 1 aliphatic carbocycles. The Balaban J connectivity index is 0.00000120. The Morgan fingerprint density at radius 1 is 1.50 bits per heavy atom. The highest BCUT2D eigenvalue weighted by Crippen LogP contribution is 2.55. The van der Waals surface area contributed by atoms with Gasteiger partial charge in [-0.1, -0.05) is 24.6 Å². The van der Waals surface area contributed by atoms with Crippen LogP contribution in [0.2, 0.25) is 5.02 Å². The van der Waals surface area contributed by atoms with Crippen molar-refractivity contribution in [2.75, 3.05) is 7.05 Å². The molecule has 5 heteroatoms. The maximum Gasteiger partial charge on any atom is 0.111 e. The maximum absolute atomic E-state index is 11.0. The molecule has 0 spiro atoms. The molecule has 1 heterocycles. The molecule has 18 heavy (non-hydrogen) atoms. The van der Waals surface area contributed by atoms with Crippen LogP contribution in [0.1, 0.15) is 18.1 Å². The fourth-order valence-corrected chi connectivity index (χ4v) is 4.73. The molecule has 1 fully saturated rings. The molecule has 1 N–H and O–H groups in total. The van der Waals surface area contributed by atoms with Gasteiger partial charge >= 0.3 is 0 Å². The fraction of sp³-hybridized carbons (Fsp3) is 0.462. The third-order valence-electron chi connectivity index (χ3n) is 3.91. The number of halogens is 2. The van der Waals surface area contributed by atoms with Crippen molar-refractivity contribution < 1.29 is 5.11 Å². The van der Waals surface area contributed by atoms with Crippen molar-refractivity contribution in [3.8, 4) is 0 Å². The van der Waals surface area contributed by atoms with E-state index in [1.165, 1.54) is 5.56 Å². The molecular weight excluding hydrogens is 289 g/mol. The van der Waals surface area contributed by atoms with Gasteiger partial charge in [0.1, 0.15) is 5.60 Å². The molecule has 3 unspecified atom stereocenters. The number of thioether (sulfide) groups is 1. The Morgan fingerprint density at radius 2 is 2.22 bits per heavy atom. The van der Waals surface area contributed by atoms with E-state index < -0.39 is 5.60 Å². The first-order chi connectivity index (χ1) is 8.07. The zero-order chi connectivity index (χ0) is 12.2. The molecule has 3 atom stereocenters. The van der Waals surface area contributed by atoms with E-state index in [0.717, 1.165) is 22.1 Å². The number of aliphatic hydroxyl groups is 1. The summed E-state index contributed by atoms with van der Waals surface area (Å²) in [6.45, 7) is 2.05. The lowest BCUT2D eigenvalue weighted by molar-refractivity contribution is 0.0213. The van der Waals surface area contributed by atoms with Crippen molar-refractivity contribution in [1.29, 1.82) is 0 Å². The van der Waals surface area contributed by atoms with E-state index in [0.29, 0.717) is 0 Å². The summed E-state index contributed by atoms with van der Waals surface area (Å²) in [5.41, 5.74) is 1.45. The number of fused-ring (bicyclic) bond motifs is 3. The van der Waals surface area contributed by atoms with Gasteiger partial charge in [0.2, 0.25) is 0 Å². The molecule has 1 aromatic carbocycles. The van der Waals surface area contributed by atoms with Crippen LogP contribution in [0.15, 0.2) is 23.2 Å². The molecule has 98 valence electrons. The predicted molar refractivity (Wildman–Crippen MR) is 80.2 cm³/mol. The number of nitrogens with zero attached hydrogens (tertiary/aromatic N) is 1. The van der Waals surface area contributed by atoms with Crippen LogP contribution in [0, 0.1) is 5.92 Å². The number of rotatable bonds is 0. The molecule has 2 nitrogen and oxygen atoms in total. The summed E-state index contributed by atoms with van der Waals surface area (Å²) in [5, 5.41) is 13.0. The molecule has 1 aliphatic heterocycles. The van der Waals surface area contributed by atoms with E-state index in [4.69, 9.17) is 11.6 Å². The zero-order valence-corrected chi connectivity index (χ0v) is 12.6. The second-order valence-corrected chi connectivity index (χ2v) is 6.38. The molecule has 0 saturated carbocycles. The number of hydrogen-bond donors (Lipinski definition) is 1. The van der Waals surface area contributed by atoms with Crippen molar-refractivity contribution in [2.45, 2.75) is 24.2 Å². The molecule has 3 rings (SSSR count). The predicted octanol–water partition coefficient (Wildman–Crippen LogP) is 3.29.